The third-order valence-corrected chi connectivity index (χ3v) is 5.22. The first kappa shape index (κ1) is 22.0. The molecule has 162 valence electrons. The van der Waals surface area contributed by atoms with E-state index in [9.17, 15) is 9.59 Å². The lowest BCUT2D eigenvalue weighted by atomic mass is 10.1. The van der Waals surface area contributed by atoms with Crippen LogP contribution in [0, 0.1) is 6.92 Å². The number of amides is 2. The molecule has 2 N–H and O–H groups in total. The summed E-state index contributed by atoms with van der Waals surface area (Å²) in [5.74, 6) is 0.563. The monoisotopic (exact) mass is 442 g/mol. The summed E-state index contributed by atoms with van der Waals surface area (Å²) in [7, 11) is 4.55. The molecule has 31 heavy (non-hydrogen) atoms. The minimum atomic E-state index is -0.444. The molecular weight excluding hydrogens is 420 g/mol. The predicted octanol–water partition coefficient (Wildman–Crippen LogP) is 3.05. The van der Waals surface area contributed by atoms with Crippen molar-refractivity contribution in [2.45, 2.75) is 13.5 Å². The van der Waals surface area contributed by atoms with Crippen molar-refractivity contribution in [1.29, 1.82) is 0 Å². The Kier molecular flexibility index (Phi) is 7.03. The lowest BCUT2D eigenvalue weighted by Gasteiger charge is -2.14. The smallest absolute Gasteiger partial charge is 0.286 e. The molecule has 0 atom stereocenters. The van der Waals surface area contributed by atoms with E-state index < -0.39 is 11.8 Å². The summed E-state index contributed by atoms with van der Waals surface area (Å²) in [6.07, 6.45) is 0. The number of benzene rings is 2. The minimum Gasteiger partial charge on any atom is -0.493 e. The van der Waals surface area contributed by atoms with Crippen molar-refractivity contribution in [2.75, 3.05) is 26.6 Å². The summed E-state index contributed by atoms with van der Waals surface area (Å²) >= 11 is 0.912. The quantitative estimate of drug-likeness (QED) is 0.551. The number of hydrogen-bond acceptors (Lipinski definition) is 8. The zero-order valence-corrected chi connectivity index (χ0v) is 18.3. The van der Waals surface area contributed by atoms with Crippen molar-refractivity contribution in [1.82, 2.24) is 15.5 Å². The Labute approximate surface area is 183 Å². The van der Waals surface area contributed by atoms with Crippen LogP contribution in [0.2, 0.25) is 0 Å². The molecule has 3 rings (SSSR count). The fourth-order valence-corrected chi connectivity index (χ4v) is 3.38. The van der Waals surface area contributed by atoms with Gasteiger partial charge in [-0.3, -0.25) is 9.59 Å². The van der Waals surface area contributed by atoms with E-state index in [-0.39, 0.29) is 16.6 Å². The third-order valence-electron chi connectivity index (χ3n) is 4.30. The van der Waals surface area contributed by atoms with Crippen LogP contribution in [-0.4, -0.2) is 43.3 Å². The predicted molar refractivity (Wildman–Crippen MR) is 116 cm³/mol. The normalized spacial score (nSPS) is 10.3. The van der Waals surface area contributed by atoms with Crippen LogP contribution in [-0.2, 0) is 6.54 Å². The van der Waals surface area contributed by atoms with E-state index in [1.54, 1.807) is 24.3 Å². The molecule has 0 saturated carbocycles. The fraction of sp³-hybridized carbons (Fsp3) is 0.238. The number of hydrogen-bond donors (Lipinski definition) is 2. The highest BCUT2D eigenvalue weighted by Gasteiger charge is 2.18. The maximum absolute atomic E-state index is 12.5. The van der Waals surface area contributed by atoms with Gasteiger partial charge in [-0.05, 0) is 36.8 Å². The van der Waals surface area contributed by atoms with Gasteiger partial charge in [-0.15, -0.1) is 10.2 Å². The van der Waals surface area contributed by atoms with Gasteiger partial charge in [0.15, 0.2) is 11.5 Å². The number of carbonyl (C=O) groups excluding carboxylic acids is 2. The van der Waals surface area contributed by atoms with Crippen molar-refractivity contribution < 1.29 is 23.8 Å². The first-order valence-corrected chi connectivity index (χ1v) is 10.1. The van der Waals surface area contributed by atoms with E-state index in [0.717, 1.165) is 22.5 Å². The van der Waals surface area contributed by atoms with Gasteiger partial charge in [0, 0.05) is 12.2 Å². The molecule has 0 unspecified atom stereocenters. The van der Waals surface area contributed by atoms with Crippen LogP contribution in [0.5, 0.6) is 17.2 Å². The van der Waals surface area contributed by atoms with Crippen LogP contribution in [0.15, 0.2) is 36.4 Å². The van der Waals surface area contributed by atoms with Crippen LogP contribution < -0.4 is 24.8 Å². The average molecular weight is 442 g/mol. The van der Waals surface area contributed by atoms with E-state index in [1.165, 1.54) is 21.3 Å². The Morgan fingerprint density at radius 1 is 0.903 bits per heavy atom. The summed E-state index contributed by atoms with van der Waals surface area (Å²) < 4.78 is 15.9. The van der Waals surface area contributed by atoms with Gasteiger partial charge in [0.1, 0.15) is 0 Å². The van der Waals surface area contributed by atoms with E-state index in [0.29, 0.717) is 22.9 Å². The van der Waals surface area contributed by atoms with Gasteiger partial charge in [0.2, 0.25) is 15.8 Å². The molecule has 0 aliphatic heterocycles. The van der Waals surface area contributed by atoms with Gasteiger partial charge in [0.25, 0.3) is 11.8 Å². The van der Waals surface area contributed by atoms with Gasteiger partial charge in [-0.2, -0.15) is 0 Å². The molecule has 1 aromatic heterocycles. The second-order valence-electron chi connectivity index (χ2n) is 6.45. The maximum Gasteiger partial charge on any atom is 0.286 e. The van der Waals surface area contributed by atoms with E-state index in [1.807, 2.05) is 19.1 Å². The van der Waals surface area contributed by atoms with E-state index >= 15 is 0 Å². The number of ether oxygens (including phenoxy) is 3. The van der Waals surface area contributed by atoms with Crippen LogP contribution in [0.1, 0.15) is 30.7 Å². The van der Waals surface area contributed by atoms with Crippen molar-refractivity contribution >= 4 is 28.8 Å². The molecule has 9 nitrogen and oxygen atoms in total. The van der Waals surface area contributed by atoms with Crippen LogP contribution in [0.3, 0.4) is 0 Å². The van der Waals surface area contributed by atoms with Crippen LogP contribution in [0.4, 0.5) is 5.69 Å². The van der Waals surface area contributed by atoms with E-state index in [4.69, 9.17) is 14.2 Å². The fourth-order valence-electron chi connectivity index (χ4n) is 2.72. The number of anilines is 1. The lowest BCUT2D eigenvalue weighted by molar-refractivity contribution is 0.0948. The molecule has 0 radical (unpaired) electrons. The van der Waals surface area contributed by atoms with Crippen molar-refractivity contribution in [3.63, 3.8) is 0 Å². The zero-order valence-electron chi connectivity index (χ0n) is 17.5. The summed E-state index contributed by atoms with van der Waals surface area (Å²) in [4.78, 5) is 24.8. The minimum absolute atomic E-state index is 0.0847. The first-order chi connectivity index (χ1) is 14.9. The number of nitrogens with one attached hydrogen (secondary N) is 2. The van der Waals surface area contributed by atoms with Crippen molar-refractivity contribution in [3.8, 4) is 17.2 Å². The summed E-state index contributed by atoms with van der Waals surface area (Å²) in [6, 6.07) is 10.8. The molecule has 0 bridgehead atoms. The zero-order chi connectivity index (χ0) is 22.4. The molecule has 2 amide bonds. The van der Waals surface area contributed by atoms with E-state index in [2.05, 4.69) is 20.8 Å². The van der Waals surface area contributed by atoms with Gasteiger partial charge in [-0.25, -0.2) is 0 Å². The highest BCUT2D eigenvalue weighted by molar-refractivity contribution is 7.15. The molecule has 3 aromatic rings. The lowest BCUT2D eigenvalue weighted by Crippen LogP contribution is -2.22. The molecule has 0 spiro atoms. The summed E-state index contributed by atoms with van der Waals surface area (Å²) in [5, 5.41) is 13.3. The summed E-state index contributed by atoms with van der Waals surface area (Å²) in [6.45, 7) is 2.15. The second kappa shape index (κ2) is 9.90. The van der Waals surface area contributed by atoms with Crippen LogP contribution >= 0.6 is 11.3 Å². The standard InChI is InChI=1S/C21H22N4O5S/c1-12-5-7-14(8-6-12)23-19(27)21-25-24-20(31-21)18(26)22-11-13-9-15(28-2)17(30-4)16(10-13)29-3/h5-10H,11H2,1-4H3,(H,22,26)(H,23,27). The van der Waals surface area contributed by atoms with Gasteiger partial charge < -0.3 is 24.8 Å². The number of aromatic nitrogens is 2. The SMILES string of the molecule is COc1cc(CNC(=O)c2nnc(C(=O)Nc3ccc(C)cc3)s2)cc(OC)c1OC. The molecule has 0 saturated heterocycles. The molecule has 0 aliphatic rings. The van der Waals surface area contributed by atoms with Crippen molar-refractivity contribution in [3.05, 3.63) is 57.5 Å². The Bertz CT molecular complexity index is 1060. The van der Waals surface area contributed by atoms with Crippen molar-refractivity contribution in [2.24, 2.45) is 0 Å². The maximum atomic E-state index is 12.5. The first-order valence-electron chi connectivity index (χ1n) is 9.23. The Morgan fingerprint density at radius 3 is 2.03 bits per heavy atom. The number of methoxy groups -OCH3 is 3. The highest BCUT2D eigenvalue weighted by atomic mass is 32.1. The molecule has 2 aromatic carbocycles. The van der Waals surface area contributed by atoms with Crippen LogP contribution in [0.25, 0.3) is 0 Å². The average Bonchev–Trinajstić information content (AvgIpc) is 3.28. The third kappa shape index (κ3) is 5.28. The summed E-state index contributed by atoms with van der Waals surface area (Å²) in [5.41, 5.74) is 2.46. The number of carbonyl (C=O) groups is 2. The second-order valence-corrected chi connectivity index (χ2v) is 7.43. The van der Waals surface area contributed by atoms with Gasteiger partial charge in [-0.1, -0.05) is 29.0 Å². The number of nitrogens with zero attached hydrogens (tertiary/aromatic N) is 2. The Hall–Kier alpha value is -3.66. The Balaban J connectivity index is 1.65. The number of aryl methyl sites for hydroxylation is 1. The molecule has 0 fully saturated rings. The molecule has 1 heterocycles. The largest absolute Gasteiger partial charge is 0.493 e. The topological polar surface area (TPSA) is 112 Å². The number of rotatable bonds is 8. The molecule has 10 heteroatoms. The highest BCUT2D eigenvalue weighted by Crippen LogP contribution is 2.38. The Morgan fingerprint density at radius 2 is 1.48 bits per heavy atom. The molecule has 0 aliphatic carbocycles. The van der Waals surface area contributed by atoms with Gasteiger partial charge in [0.05, 0.1) is 21.3 Å². The van der Waals surface area contributed by atoms with Gasteiger partial charge >= 0.3 is 0 Å². The molecular formula is C21H22N4O5S.